The van der Waals surface area contributed by atoms with Crippen LogP contribution in [-0.2, 0) is 0 Å². The van der Waals surface area contributed by atoms with Crippen molar-refractivity contribution in [3.05, 3.63) is 51.5 Å². The van der Waals surface area contributed by atoms with Gasteiger partial charge >= 0.3 is 0 Å². The summed E-state index contributed by atoms with van der Waals surface area (Å²) in [6.45, 7) is 10.3. The first-order chi connectivity index (χ1) is 11.9. The van der Waals surface area contributed by atoms with E-state index in [4.69, 9.17) is 27.9 Å². The van der Waals surface area contributed by atoms with Gasteiger partial charge in [-0.1, -0.05) is 30.1 Å². The van der Waals surface area contributed by atoms with Gasteiger partial charge in [0.2, 0.25) is 0 Å². The molecule has 0 saturated heterocycles. The average Bonchev–Trinajstić information content (AvgIpc) is 2.58. The van der Waals surface area contributed by atoms with Gasteiger partial charge in [-0.3, -0.25) is 0 Å². The summed E-state index contributed by atoms with van der Waals surface area (Å²) in [6, 6.07) is 9.29. The molecule has 3 nitrogen and oxygen atoms in total. The van der Waals surface area contributed by atoms with Crippen molar-refractivity contribution in [1.29, 1.82) is 0 Å². The number of hydrogen-bond acceptors (Lipinski definition) is 2. The van der Waals surface area contributed by atoms with E-state index in [2.05, 4.69) is 23.7 Å². The molecule has 2 aromatic carbocycles. The maximum atomic E-state index is 6.05. The lowest BCUT2D eigenvalue weighted by Crippen LogP contribution is -2.21. The van der Waals surface area contributed by atoms with E-state index in [1.54, 1.807) is 18.2 Å². The zero-order chi connectivity index (χ0) is 18.4. The van der Waals surface area contributed by atoms with Gasteiger partial charge in [0.25, 0.3) is 0 Å². The first-order valence-electron chi connectivity index (χ1n) is 8.47. The Bertz CT molecular complexity index is 760. The average molecular weight is 379 g/mol. The molecule has 0 aliphatic carbocycles. The number of aliphatic imine (C=N–C) groups is 1. The van der Waals surface area contributed by atoms with E-state index in [1.165, 1.54) is 0 Å². The Morgan fingerprint density at radius 2 is 1.80 bits per heavy atom. The van der Waals surface area contributed by atoms with Crippen LogP contribution in [-0.4, -0.2) is 24.3 Å². The second-order valence-corrected chi connectivity index (χ2v) is 6.77. The third-order valence-electron chi connectivity index (χ3n) is 3.89. The number of rotatable bonds is 7. The van der Waals surface area contributed by atoms with Gasteiger partial charge in [-0.25, -0.2) is 4.99 Å². The first-order valence-corrected chi connectivity index (χ1v) is 9.22. The Balaban J connectivity index is 2.21. The predicted octanol–water partition coefficient (Wildman–Crippen LogP) is 6.79. The highest BCUT2D eigenvalue weighted by molar-refractivity contribution is 6.42. The Morgan fingerprint density at radius 3 is 2.44 bits per heavy atom. The van der Waals surface area contributed by atoms with Crippen LogP contribution in [0.5, 0.6) is 11.5 Å². The van der Waals surface area contributed by atoms with Crippen LogP contribution in [0.15, 0.2) is 35.3 Å². The number of halogens is 2. The third-order valence-corrected chi connectivity index (χ3v) is 4.63. The molecule has 0 radical (unpaired) electrons. The Kier molecular flexibility index (Phi) is 7.15. The largest absolute Gasteiger partial charge is 0.457 e. The van der Waals surface area contributed by atoms with Gasteiger partial charge in [-0.15, -0.1) is 0 Å². The lowest BCUT2D eigenvalue weighted by Gasteiger charge is -2.16. The minimum Gasteiger partial charge on any atom is -0.457 e. The van der Waals surface area contributed by atoms with E-state index >= 15 is 0 Å². The van der Waals surface area contributed by atoms with E-state index in [-0.39, 0.29) is 0 Å². The van der Waals surface area contributed by atoms with Crippen molar-refractivity contribution in [2.45, 2.75) is 34.1 Å². The molecule has 0 saturated carbocycles. The molecule has 0 amide bonds. The van der Waals surface area contributed by atoms with E-state index < -0.39 is 0 Å². The molecule has 0 aromatic heterocycles. The molecule has 0 heterocycles. The molecule has 0 aliphatic rings. The third kappa shape index (κ3) is 5.38. The van der Waals surface area contributed by atoms with E-state index in [9.17, 15) is 0 Å². The minimum absolute atomic E-state index is 0.477. The zero-order valence-electron chi connectivity index (χ0n) is 15.1. The highest BCUT2D eigenvalue weighted by Crippen LogP contribution is 2.33. The molecule has 2 aromatic rings. The standard InChI is InChI=1S/C20H24Cl2N2O/c1-5-9-24(6-2)13-23-19-10-15(4)20(11-14(19)3)25-16-7-8-17(21)18(22)12-16/h7-8,10-13H,5-6,9H2,1-4H3. The van der Waals surface area contributed by atoms with Gasteiger partial charge < -0.3 is 9.64 Å². The van der Waals surface area contributed by atoms with Crippen molar-refractivity contribution in [2.75, 3.05) is 13.1 Å². The fourth-order valence-electron chi connectivity index (χ4n) is 2.42. The summed E-state index contributed by atoms with van der Waals surface area (Å²) in [6.07, 6.45) is 3.03. The molecule has 25 heavy (non-hydrogen) atoms. The molecule has 2 rings (SSSR count). The maximum absolute atomic E-state index is 6.05. The Labute approximate surface area is 160 Å². The molecular weight excluding hydrogens is 355 g/mol. The fourth-order valence-corrected chi connectivity index (χ4v) is 2.71. The quantitative estimate of drug-likeness (QED) is 0.391. The topological polar surface area (TPSA) is 24.8 Å². The monoisotopic (exact) mass is 378 g/mol. The van der Waals surface area contributed by atoms with Crippen LogP contribution in [0.3, 0.4) is 0 Å². The number of nitrogens with zero attached hydrogens (tertiary/aromatic N) is 2. The molecule has 0 N–H and O–H groups in total. The lowest BCUT2D eigenvalue weighted by molar-refractivity contribution is 0.452. The van der Waals surface area contributed by atoms with Crippen molar-refractivity contribution in [3.63, 3.8) is 0 Å². The van der Waals surface area contributed by atoms with E-state index in [1.807, 2.05) is 32.3 Å². The Morgan fingerprint density at radius 1 is 1.04 bits per heavy atom. The Hall–Kier alpha value is -1.71. The number of ether oxygens (including phenoxy) is 1. The van der Waals surface area contributed by atoms with Crippen LogP contribution in [0.25, 0.3) is 0 Å². The number of hydrogen-bond donors (Lipinski definition) is 0. The normalized spacial score (nSPS) is 11.1. The number of benzene rings is 2. The second kappa shape index (κ2) is 9.12. The van der Waals surface area contributed by atoms with Crippen molar-refractivity contribution in [1.82, 2.24) is 4.90 Å². The molecule has 0 spiro atoms. The van der Waals surface area contributed by atoms with Crippen LogP contribution in [0.2, 0.25) is 10.0 Å². The molecule has 0 aliphatic heterocycles. The van der Waals surface area contributed by atoms with E-state index in [0.717, 1.165) is 42.1 Å². The number of aryl methyl sites for hydroxylation is 2. The second-order valence-electron chi connectivity index (χ2n) is 5.96. The van der Waals surface area contributed by atoms with Crippen molar-refractivity contribution < 1.29 is 4.74 Å². The van der Waals surface area contributed by atoms with Crippen molar-refractivity contribution >= 4 is 35.2 Å². The minimum atomic E-state index is 0.477. The van der Waals surface area contributed by atoms with Gasteiger partial charge in [0.05, 0.1) is 22.1 Å². The molecule has 0 atom stereocenters. The summed E-state index contributed by atoms with van der Waals surface area (Å²) in [7, 11) is 0. The molecule has 5 heteroatoms. The first kappa shape index (κ1) is 19.6. The summed E-state index contributed by atoms with van der Waals surface area (Å²) in [5.41, 5.74) is 3.03. The van der Waals surface area contributed by atoms with Gasteiger partial charge in [0, 0.05) is 19.2 Å². The predicted molar refractivity (Wildman–Crippen MR) is 108 cm³/mol. The van der Waals surface area contributed by atoms with Crippen molar-refractivity contribution in [3.8, 4) is 11.5 Å². The van der Waals surface area contributed by atoms with Crippen LogP contribution in [0.1, 0.15) is 31.4 Å². The molecular formula is C20H24Cl2N2O. The maximum Gasteiger partial charge on any atom is 0.130 e. The highest BCUT2D eigenvalue weighted by atomic mass is 35.5. The molecule has 134 valence electrons. The molecule has 0 unspecified atom stereocenters. The van der Waals surface area contributed by atoms with Crippen LogP contribution in [0.4, 0.5) is 5.69 Å². The summed E-state index contributed by atoms with van der Waals surface area (Å²) in [5, 5.41) is 0.990. The van der Waals surface area contributed by atoms with Crippen molar-refractivity contribution in [2.24, 2.45) is 4.99 Å². The van der Waals surface area contributed by atoms with Crippen LogP contribution < -0.4 is 4.74 Å². The summed E-state index contributed by atoms with van der Waals surface area (Å²) in [5.74, 6) is 1.45. The summed E-state index contributed by atoms with van der Waals surface area (Å²) >= 11 is 12.0. The zero-order valence-corrected chi connectivity index (χ0v) is 16.7. The summed E-state index contributed by atoms with van der Waals surface area (Å²) in [4.78, 5) is 6.84. The smallest absolute Gasteiger partial charge is 0.130 e. The lowest BCUT2D eigenvalue weighted by atomic mass is 10.1. The van der Waals surface area contributed by atoms with Crippen LogP contribution in [0, 0.1) is 13.8 Å². The fraction of sp³-hybridized carbons (Fsp3) is 0.350. The highest BCUT2D eigenvalue weighted by Gasteiger charge is 2.08. The summed E-state index contributed by atoms with van der Waals surface area (Å²) < 4.78 is 5.96. The SMILES string of the molecule is CCCN(C=Nc1cc(C)c(Oc2ccc(Cl)c(Cl)c2)cc1C)CC. The molecule has 0 bridgehead atoms. The van der Waals surface area contributed by atoms with Gasteiger partial charge in [-0.05, 0) is 62.6 Å². The van der Waals surface area contributed by atoms with Gasteiger partial charge in [0.1, 0.15) is 11.5 Å². The molecule has 0 fully saturated rings. The van der Waals surface area contributed by atoms with E-state index in [0.29, 0.717) is 15.8 Å². The van der Waals surface area contributed by atoms with Crippen LogP contribution >= 0.6 is 23.2 Å². The van der Waals surface area contributed by atoms with Gasteiger partial charge in [0.15, 0.2) is 0 Å². The van der Waals surface area contributed by atoms with Gasteiger partial charge in [-0.2, -0.15) is 0 Å².